The number of nitrogens with one attached hydrogen (secondary N) is 1. The van der Waals surface area contributed by atoms with E-state index in [1.807, 2.05) is 25.2 Å². The first-order chi connectivity index (χ1) is 14.2. The van der Waals surface area contributed by atoms with Crippen molar-refractivity contribution in [2.45, 2.75) is 6.42 Å². The van der Waals surface area contributed by atoms with E-state index in [2.05, 4.69) is 59.7 Å². The summed E-state index contributed by atoms with van der Waals surface area (Å²) in [5, 5.41) is 6.61. The third-order valence-electron chi connectivity index (χ3n) is 5.17. The molecule has 29 heavy (non-hydrogen) atoms. The molecule has 148 valence electrons. The largest absolute Gasteiger partial charge is 0.497 e. The van der Waals surface area contributed by atoms with Gasteiger partial charge in [0.15, 0.2) is 5.82 Å². The number of aromatic nitrogens is 2. The Bertz CT molecular complexity index is 1140. The zero-order valence-electron chi connectivity index (χ0n) is 17.1. The molecule has 4 rings (SSSR count). The number of rotatable bonds is 7. The van der Waals surface area contributed by atoms with Crippen molar-refractivity contribution in [3.8, 4) is 17.1 Å². The summed E-state index contributed by atoms with van der Waals surface area (Å²) < 4.78 is 5.43. The van der Waals surface area contributed by atoms with E-state index in [4.69, 9.17) is 14.7 Å². The highest BCUT2D eigenvalue weighted by molar-refractivity contribution is 5.93. The van der Waals surface area contributed by atoms with Crippen LogP contribution in [0.25, 0.3) is 33.1 Å². The van der Waals surface area contributed by atoms with Gasteiger partial charge in [-0.2, -0.15) is 0 Å². The predicted octanol–water partition coefficient (Wildman–Crippen LogP) is 4.50. The number of hydrogen-bond acceptors (Lipinski definition) is 5. The average molecular weight is 386 g/mol. The SMILES string of the molecule is CNCCCN(C)c1nc(-c2ccc3ccccc3c2)nc2ccc(OC)cc12. The first-order valence-electron chi connectivity index (χ1n) is 9.90. The fourth-order valence-electron chi connectivity index (χ4n) is 3.57. The van der Waals surface area contributed by atoms with Gasteiger partial charge in [-0.1, -0.05) is 36.4 Å². The first-order valence-corrected chi connectivity index (χ1v) is 9.90. The monoisotopic (exact) mass is 386 g/mol. The van der Waals surface area contributed by atoms with Crippen molar-refractivity contribution >= 4 is 27.5 Å². The Morgan fingerprint density at radius 2 is 1.79 bits per heavy atom. The van der Waals surface area contributed by atoms with Crippen LogP contribution >= 0.6 is 0 Å². The Morgan fingerprint density at radius 1 is 0.966 bits per heavy atom. The van der Waals surface area contributed by atoms with Crippen molar-refractivity contribution in [3.05, 3.63) is 60.7 Å². The van der Waals surface area contributed by atoms with Gasteiger partial charge >= 0.3 is 0 Å². The fourth-order valence-corrected chi connectivity index (χ4v) is 3.57. The van der Waals surface area contributed by atoms with Gasteiger partial charge in [-0.15, -0.1) is 0 Å². The molecule has 0 saturated carbocycles. The molecule has 0 aliphatic rings. The summed E-state index contributed by atoms with van der Waals surface area (Å²) in [7, 11) is 5.74. The molecule has 1 N–H and O–H groups in total. The standard InChI is InChI=1S/C24H26N4O/c1-25-13-6-14-28(2)24-21-16-20(29-3)11-12-22(21)26-23(27-24)19-10-9-17-7-4-5-8-18(17)15-19/h4-5,7-12,15-16,25H,6,13-14H2,1-3H3. The molecule has 0 bridgehead atoms. The molecule has 1 aromatic heterocycles. The molecule has 0 unspecified atom stereocenters. The quantitative estimate of drug-likeness (QED) is 0.474. The van der Waals surface area contributed by atoms with E-state index in [1.54, 1.807) is 7.11 Å². The van der Waals surface area contributed by atoms with Crippen LogP contribution < -0.4 is 15.0 Å². The smallest absolute Gasteiger partial charge is 0.162 e. The number of hydrogen-bond donors (Lipinski definition) is 1. The number of anilines is 1. The average Bonchev–Trinajstić information content (AvgIpc) is 2.77. The van der Waals surface area contributed by atoms with Crippen LogP contribution in [0.1, 0.15) is 6.42 Å². The molecule has 0 radical (unpaired) electrons. The Morgan fingerprint density at radius 3 is 2.59 bits per heavy atom. The normalized spacial score (nSPS) is 11.1. The van der Waals surface area contributed by atoms with Crippen molar-refractivity contribution in [2.24, 2.45) is 0 Å². The number of ether oxygens (including phenoxy) is 1. The van der Waals surface area contributed by atoms with E-state index in [0.717, 1.165) is 53.4 Å². The highest BCUT2D eigenvalue weighted by atomic mass is 16.5. The summed E-state index contributed by atoms with van der Waals surface area (Å²) in [6.07, 6.45) is 1.04. The van der Waals surface area contributed by atoms with Crippen LogP contribution in [0.4, 0.5) is 5.82 Å². The molecule has 0 amide bonds. The molecule has 0 aliphatic carbocycles. The third kappa shape index (κ3) is 4.00. The summed E-state index contributed by atoms with van der Waals surface area (Å²) in [5.74, 6) is 2.47. The van der Waals surface area contributed by atoms with Crippen LogP contribution in [0.2, 0.25) is 0 Å². The van der Waals surface area contributed by atoms with Gasteiger partial charge in [0, 0.05) is 24.5 Å². The lowest BCUT2D eigenvalue weighted by Gasteiger charge is -2.21. The van der Waals surface area contributed by atoms with Gasteiger partial charge in [-0.25, -0.2) is 9.97 Å². The summed E-state index contributed by atoms with van der Waals surface area (Å²) >= 11 is 0. The van der Waals surface area contributed by atoms with Crippen molar-refractivity contribution < 1.29 is 4.74 Å². The van der Waals surface area contributed by atoms with Crippen LogP contribution in [-0.2, 0) is 0 Å². The molecule has 3 aromatic carbocycles. The molecule has 5 nitrogen and oxygen atoms in total. The van der Waals surface area contributed by atoms with Crippen molar-refractivity contribution in [1.29, 1.82) is 0 Å². The second-order valence-electron chi connectivity index (χ2n) is 7.19. The lowest BCUT2D eigenvalue weighted by molar-refractivity contribution is 0.415. The van der Waals surface area contributed by atoms with Crippen molar-refractivity contribution in [1.82, 2.24) is 15.3 Å². The molecular weight excluding hydrogens is 360 g/mol. The second-order valence-corrected chi connectivity index (χ2v) is 7.19. The molecule has 5 heteroatoms. The van der Waals surface area contributed by atoms with E-state index >= 15 is 0 Å². The fraction of sp³-hybridized carbons (Fsp3) is 0.250. The molecule has 4 aromatic rings. The van der Waals surface area contributed by atoms with E-state index in [9.17, 15) is 0 Å². The van der Waals surface area contributed by atoms with Gasteiger partial charge in [-0.05, 0) is 55.1 Å². The minimum absolute atomic E-state index is 0.740. The third-order valence-corrected chi connectivity index (χ3v) is 5.17. The van der Waals surface area contributed by atoms with E-state index in [1.165, 1.54) is 10.8 Å². The Kier molecular flexibility index (Phi) is 5.58. The highest BCUT2D eigenvalue weighted by Crippen LogP contribution is 2.31. The van der Waals surface area contributed by atoms with E-state index < -0.39 is 0 Å². The topological polar surface area (TPSA) is 50.3 Å². The molecule has 0 fully saturated rings. The predicted molar refractivity (Wildman–Crippen MR) is 121 cm³/mol. The maximum Gasteiger partial charge on any atom is 0.162 e. The summed E-state index contributed by atoms with van der Waals surface area (Å²) in [6.45, 7) is 1.87. The zero-order chi connectivity index (χ0) is 20.2. The molecular formula is C24H26N4O. The first kappa shape index (κ1) is 19.2. The molecule has 0 spiro atoms. The number of methoxy groups -OCH3 is 1. The van der Waals surface area contributed by atoms with Gasteiger partial charge < -0.3 is 15.0 Å². The summed E-state index contributed by atoms with van der Waals surface area (Å²) in [4.78, 5) is 12.0. The van der Waals surface area contributed by atoms with Gasteiger partial charge in [0.1, 0.15) is 11.6 Å². The van der Waals surface area contributed by atoms with Gasteiger partial charge in [0.2, 0.25) is 0 Å². The van der Waals surface area contributed by atoms with Crippen molar-refractivity contribution in [2.75, 3.05) is 39.2 Å². The van der Waals surface area contributed by atoms with Crippen molar-refractivity contribution in [3.63, 3.8) is 0 Å². The maximum atomic E-state index is 5.43. The van der Waals surface area contributed by atoms with Gasteiger partial charge in [0.25, 0.3) is 0 Å². The van der Waals surface area contributed by atoms with Crippen LogP contribution in [0.3, 0.4) is 0 Å². The molecule has 1 heterocycles. The van der Waals surface area contributed by atoms with Gasteiger partial charge in [-0.3, -0.25) is 0 Å². The molecule has 0 atom stereocenters. The Labute approximate surface area is 171 Å². The lowest BCUT2D eigenvalue weighted by atomic mass is 10.1. The van der Waals surface area contributed by atoms with E-state index in [0.29, 0.717) is 0 Å². The number of nitrogens with zero attached hydrogens (tertiary/aromatic N) is 3. The van der Waals surface area contributed by atoms with Crippen LogP contribution in [0.15, 0.2) is 60.7 Å². The minimum Gasteiger partial charge on any atom is -0.497 e. The highest BCUT2D eigenvalue weighted by Gasteiger charge is 2.14. The van der Waals surface area contributed by atoms with E-state index in [-0.39, 0.29) is 0 Å². The van der Waals surface area contributed by atoms with Gasteiger partial charge in [0.05, 0.1) is 12.6 Å². The second kappa shape index (κ2) is 8.45. The molecule has 0 saturated heterocycles. The molecule has 0 aliphatic heterocycles. The van der Waals surface area contributed by atoms with Crippen LogP contribution in [0.5, 0.6) is 5.75 Å². The van der Waals surface area contributed by atoms with Crippen LogP contribution in [0, 0.1) is 0 Å². The number of benzene rings is 3. The minimum atomic E-state index is 0.740. The summed E-state index contributed by atoms with van der Waals surface area (Å²) in [6, 6.07) is 20.7. The maximum absolute atomic E-state index is 5.43. The van der Waals surface area contributed by atoms with Crippen LogP contribution in [-0.4, -0.2) is 44.3 Å². The Balaban J connectivity index is 1.83. The Hall–Kier alpha value is -3.18. The zero-order valence-corrected chi connectivity index (χ0v) is 17.1. The summed E-state index contributed by atoms with van der Waals surface area (Å²) in [5.41, 5.74) is 1.94. The lowest BCUT2D eigenvalue weighted by Crippen LogP contribution is -2.23. The number of fused-ring (bicyclic) bond motifs is 2.